The van der Waals surface area contributed by atoms with Gasteiger partial charge < -0.3 is 14.7 Å². The number of phenolic OH excluding ortho intramolecular Hbond substituents is 1. The molecule has 1 atom stereocenters. The molecule has 0 amide bonds. The van der Waals surface area contributed by atoms with E-state index in [0.29, 0.717) is 36.5 Å². The van der Waals surface area contributed by atoms with Crippen molar-refractivity contribution in [1.82, 2.24) is 0 Å². The Morgan fingerprint density at radius 2 is 2.23 bits per heavy atom. The van der Waals surface area contributed by atoms with Crippen molar-refractivity contribution in [3.8, 4) is 5.75 Å². The predicted octanol–water partition coefficient (Wildman–Crippen LogP) is 3.99. The Morgan fingerprint density at radius 1 is 1.50 bits per heavy atom. The molecule has 1 aromatic rings. The number of halogens is 1. The molecule has 0 aliphatic carbocycles. The molecule has 0 aromatic heterocycles. The molecule has 0 bridgehead atoms. The number of phenols is 1. The Hall–Kier alpha value is -2.04. The van der Waals surface area contributed by atoms with E-state index in [0.717, 1.165) is 0 Å². The normalized spacial score (nSPS) is 17.8. The molecule has 1 unspecified atom stereocenters. The zero-order chi connectivity index (χ0) is 16.3. The molecule has 4 nitrogen and oxygen atoms in total. The molecule has 22 heavy (non-hydrogen) atoms. The summed E-state index contributed by atoms with van der Waals surface area (Å²) in [5, 5.41) is 13.2. The fraction of sp³-hybridized carbons (Fsp3) is 0.471. The highest BCUT2D eigenvalue weighted by Gasteiger charge is 2.24. The maximum Gasteiger partial charge on any atom is 0.165 e. The lowest BCUT2D eigenvalue weighted by Crippen LogP contribution is -2.16. The summed E-state index contributed by atoms with van der Waals surface area (Å²) in [7, 11) is 0. The summed E-state index contributed by atoms with van der Waals surface area (Å²) in [6.07, 6.45) is 0.950. The summed E-state index contributed by atoms with van der Waals surface area (Å²) in [5.41, 5.74) is 1.34. The van der Waals surface area contributed by atoms with E-state index in [-0.39, 0.29) is 17.3 Å². The number of hydrogen-bond acceptors (Lipinski definition) is 4. The van der Waals surface area contributed by atoms with Gasteiger partial charge in [-0.25, -0.2) is 4.39 Å². The second-order valence-corrected chi connectivity index (χ2v) is 6.73. The largest absolute Gasteiger partial charge is 0.505 e. The molecule has 1 aromatic carbocycles. The van der Waals surface area contributed by atoms with Gasteiger partial charge in [-0.3, -0.25) is 0 Å². The highest BCUT2D eigenvalue weighted by Crippen LogP contribution is 2.25. The number of benzene rings is 1. The van der Waals surface area contributed by atoms with Crippen LogP contribution in [0.5, 0.6) is 5.75 Å². The van der Waals surface area contributed by atoms with Crippen LogP contribution in [0.15, 0.2) is 35.7 Å². The first-order chi connectivity index (χ1) is 10.2. The molecule has 5 heteroatoms. The smallest absolute Gasteiger partial charge is 0.165 e. The summed E-state index contributed by atoms with van der Waals surface area (Å²) >= 11 is 0. The first kappa shape index (κ1) is 16.3. The Morgan fingerprint density at radius 3 is 2.86 bits per heavy atom. The molecule has 1 aliphatic heterocycles. The number of ether oxygens (including phenoxy) is 1. The fourth-order valence-corrected chi connectivity index (χ4v) is 2.03. The third-order valence-electron chi connectivity index (χ3n) is 3.18. The summed E-state index contributed by atoms with van der Waals surface area (Å²) < 4.78 is 19.0. The predicted molar refractivity (Wildman–Crippen MR) is 83.3 cm³/mol. The number of nitrogens with zero attached hydrogens (tertiary/aromatic N) is 1. The van der Waals surface area contributed by atoms with E-state index >= 15 is 0 Å². The SMILES string of the molecule is C=C(CC1CC(c2ccc(O)c(F)c2)=NO1)OCC(C)(C)C. The van der Waals surface area contributed by atoms with E-state index in [1.165, 1.54) is 12.1 Å². The Kier molecular flexibility index (Phi) is 4.74. The molecule has 2 rings (SSSR count). The molecule has 1 aliphatic rings. The van der Waals surface area contributed by atoms with E-state index in [1.54, 1.807) is 6.07 Å². The molecule has 0 saturated heterocycles. The van der Waals surface area contributed by atoms with Crippen LogP contribution in [0.25, 0.3) is 0 Å². The number of hydrogen-bond donors (Lipinski definition) is 1. The molecule has 0 saturated carbocycles. The zero-order valence-electron chi connectivity index (χ0n) is 13.2. The van der Waals surface area contributed by atoms with E-state index in [4.69, 9.17) is 9.57 Å². The van der Waals surface area contributed by atoms with E-state index < -0.39 is 5.82 Å². The van der Waals surface area contributed by atoms with Crippen LogP contribution in [-0.4, -0.2) is 23.5 Å². The zero-order valence-corrected chi connectivity index (χ0v) is 13.2. The molecule has 120 valence electrons. The first-order valence-electron chi connectivity index (χ1n) is 7.27. The van der Waals surface area contributed by atoms with Crippen molar-refractivity contribution in [3.05, 3.63) is 41.9 Å². The van der Waals surface area contributed by atoms with Crippen LogP contribution in [0.1, 0.15) is 39.2 Å². The molecule has 0 radical (unpaired) electrons. The average Bonchev–Trinajstić information content (AvgIpc) is 2.87. The summed E-state index contributed by atoms with van der Waals surface area (Å²) in [4.78, 5) is 5.35. The minimum atomic E-state index is -0.665. The van der Waals surface area contributed by atoms with Gasteiger partial charge in [-0.15, -0.1) is 0 Å². The maximum absolute atomic E-state index is 13.4. The molecule has 1 heterocycles. The first-order valence-corrected chi connectivity index (χ1v) is 7.27. The van der Waals surface area contributed by atoms with Gasteiger partial charge in [-0.05, 0) is 23.6 Å². The number of rotatable bonds is 5. The Labute approximate surface area is 130 Å². The van der Waals surface area contributed by atoms with Crippen LogP contribution in [-0.2, 0) is 9.57 Å². The van der Waals surface area contributed by atoms with Gasteiger partial charge in [0.15, 0.2) is 11.6 Å². The fourth-order valence-electron chi connectivity index (χ4n) is 2.03. The van der Waals surface area contributed by atoms with Gasteiger partial charge in [0.1, 0.15) is 6.10 Å². The van der Waals surface area contributed by atoms with Crippen LogP contribution in [0.2, 0.25) is 0 Å². The van der Waals surface area contributed by atoms with Gasteiger partial charge in [0, 0.05) is 18.4 Å². The second-order valence-electron chi connectivity index (χ2n) is 6.73. The second kappa shape index (κ2) is 6.38. The molecule has 0 fully saturated rings. The Balaban J connectivity index is 1.87. The van der Waals surface area contributed by atoms with Crippen molar-refractivity contribution in [2.45, 2.75) is 39.7 Å². The molecular weight excluding hydrogens is 285 g/mol. The topological polar surface area (TPSA) is 51.1 Å². The molecular formula is C17H22FNO3. The van der Waals surface area contributed by atoms with Gasteiger partial charge in [-0.2, -0.15) is 0 Å². The van der Waals surface area contributed by atoms with Crippen LogP contribution in [0.3, 0.4) is 0 Å². The van der Waals surface area contributed by atoms with Crippen LogP contribution in [0, 0.1) is 11.2 Å². The quantitative estimate of drug-likeness (QED) is 0.837. The van der Waals surface area contributed by atoms with Gasteiger partial charge in [0.25, 0.3) is 0 Å². The van der Waals surface area contributed by atoms with Crippen LogP contribution in [0.4, 0.5) is 4.39 Å². The van der Waals surface area contributed by atoms with Crippen LogP contribution < -0.4 is 0 Å². The van der Waals surface area contributed by atoms with E-state index in [1.807, 2.05) is 0 Å². The van der Waals surface area contributed by atoms with Crippen molar-refractivity contribution in [3.63, 3.8) is 0 Å². The van der Waals surface area contributed by atoms with Gasteiger partial charge in [-0.1, -0.05) is 32.5 Å². The molecule has 1 N–H and O–H groups in total. The number of oxime groups is 1. The van der Waals surface area contributed by atoms with E-state index in [2.05, 4.69) is 32.5 Å². The lowest BCUT2D eigenvalue weighted by atomic mass is 9.98. The lowest BCUT2D eigenvalue weighted by molar-refractivity contribution is 0.0581. The van der Waals surface area contributed by atoms with Crippen molar-refractivity contribution in [2.24, 2.45) is 10.6 Å². The van der Waals surface area contributed by atoms with Crippen molar-refractivity contribution in [2.75, 3.05) is 6.61 Å². The molecule has 0 spiro atoms. The van der Waals surface area contributed by atoms with Crippen molar-refractivity contribution < 1.29 is 19.1 Å². The number of aromatic hydroxyl groups is 1. The minimum Gasteiger partial charge on any atom is -0.505 e. The third-order valence-corrected chi connectivity index (χ3v) is 3.18. The standard InChI is InChI=1S/C17H22FNO3/c1-11(21-10-17(2,3)4)7-13-9-15(19-22-13)12-5-6-16(20)14(18)8-12/h5-6,8,13,20H,1,7,9-10H2,2-4H3. The summed E-state index contributed by atoms with van der Waals surface area (Å²) in [6.45, 7) is 10.8. The highest BCUT2D eigenvalue weighted by molar-refractivity contribution is 6.01. The lowest BCUT2D eigenvalue weighted by Gasteiger charge is -2.20. The average molecular weight is 307 g/mol. The van der Waals surface area contributed by atoms with Gasteiger partial charge >= 0.3 is 0 Å². The monoisotopic (exact) mass is 307 g/mol. The van der Waals surface area contributed by atoms with Crippen LogP contribution >= 0.6 is 0 Å². The van der Waals surface area contributed by atoms with Crippen molar-refractivity contribution >= 4 is 5.71 Å². The van der Waals surface area contributed by atoms with Gasteiger partial charge in [0.05, 0.1) is 18.1 Å². The minimum absolute atomic E-state index is 0.0741. The summed E-state index contributed by atoms with van der Waals surface area (Å²) in [6, 6.07) is 4.19. The summed E-state index contributed by atoms with van der Waals surface area (Å²) in [5.74, 6) is -0.376. The Bertz CT molecular complexity index is 590. The van der Waals surface area contributed by atoms with E-state index in [9.17, 15) is 9.50 Å². The van der Waals surface area contributed by atoms with Gasteiger partial charge in [0.2, 0.25) is 0 Å². The van der Waals surface area contributed by atoms with Crippen molar-refractivity contribution in [1.29, 1.82) is 0 Å². The highest BCUT2D eigenvalue weighted by atomic mass is 19.1. The third kappa shape index (κ3) is 4.48. The maximum atomic E-state index is 13.4.